The topological polar surface area (TPSA) is 43.8 Å². The number of anilines is 1. The quantitative estimate of drug-likeness (QED) is 0.386. The SMILES string of the molecule is CCc1cnc(CCNC(=NC)N2CCN(c3ccccc3F)CC2)s1.I. The van der Waals surface area contributed by atoms with Crippen molar-refractivity contribution in [2.45, 2.75) is 19.8 Å². The minimum atomic E-state index is -0.154. The molecule has 2 aromatic rings. The van der Waals surface area contributed by atoms with Crippen molar-refractivity contribution in [1.82, 2.24) is 15.2 Å². The Morgan fingerprint density at radius 3 is 2.63 bits per heavy atom. The molecule has 1 aliphatic rings. The first-order valence-electron chi connectivity index (χ1n) is 9.10. The molecular formula is C19H27FIN5S. The van der Waals surface area contributed by atoms with E-state index in [4.69, 9.17) is 0 Å². The highest BCUT2D eigenvalue weighted by atomic mass is 127. The fourth-order valence-electron chi connectivity index (χ4n) is 3.11. The number of aliphatic imine (C=N–C) groups is 1. The Labute approximate surface area is 181 Å². The summed E-state index contributed by atoms with van der Waals surface area (Å²) in [5, 5.41) is 4.59. The number of rotatable bonds is 5. The van der Waals surface area contributed by atoms with E-state index in [1.807, 2.05) is 25.4 Å². The van der Waals surface area contributed by atoms with Gasteiger partial charge in [0.2, 0.25) is 0 Å². The molecule has 0 aliphatic carbocycles. The highest BCUT2D eigenvalue weighted by Crippen LogP contribution is 2.20. The van der Waals surface area contributed by atoms with Gasteiger partial charge >= 0.3 is 0 Å². The maximum absolute atomic E-state index is 14.0. The number of nitrogens with one attached hydrogen (secondary N) is 1. The van der Waals surface area contributed by atoms with Crippen LogP contribution in [0, 0.1) is 5.82 Å². The molecule has 5 nitrogen and oxygen atoms in total. The lowest BCUT2D eigenvalue weighted by atomic mass is 10.2. The third-order valence-corrected chi connectivity index (χ3v) is 5.76. The fraction of sp³-hybridized carbons (Fsp3) is 0.474. The second-order valence-electron chi connectivity index (χ2n) is 6.22. The third kappa shape index (κ3) is 5.78. The molecular weight excluding hydrogens is 476 g/mol. The predicted octanol–water partition coefficient (Wildman–Crippen LogP) is 3.40. The number of hydrogen-bond donors (Lipinski definition) is 1. The molecule has 0 saturated carbocycles. The summed E-state index contributed by atoms with van der Waals surface area (Å²) in [6, 6.07) is 6.97. The molecule has 1 aromatic heterocycles. The molecule has 0 amide bonds. The van der Waals surface area contributed by atoms with E-state index < -0.39 is 0 Å². The molecule has 0 bridgehead atoms. The predicted molar refractivity (Wildman–Crippen MR) is 122 cm³/mol. The number of hydrogen-bond acceptors (Lipinski definition) is 4. The highest BCUT2D eigenvalue weighted by Gasteiger charge is 2.21. The first-order valence-corrected chi connectivity index (χ1v) is 9.91. The second kappa shape index (κ2) is 10.8. The molecule has 3 rings (SSSR count). The summed E-state index contributed by atoms with van der Waals surface area (Å²) in [5.41, 5.74) is 0.686. The van der Waals surface area contributed by atoms with Gasteiger partial charge in [0.25, 0.3) is 0 Å². The van der Waals surface area contributed by atoms with E-state index in [1.54, 1.807) is 17.4 Å². The summed E-state index contributed by atoms with van der Waals surface area (Å²) in [6.07, 6.45) is 3.91. The number of nitrogens with zero attached hydrogens (tertiary/aromatic N) is 4. The van der Waals surface area contributed by atoms with Gasteiger partial charge < -0.3 is 15.1 Å². The van der Waals surface area contributed by atoms with Crippen LogP contribution in [-0.2, 0) is 12.8 Å². The molecule has 27 heavy (non-hydrogen) atoms. The summed E-state index contributed by atoms with van der Waals surface area (Å²) >= 11 is 1.78. The normalized spacial score (nSPS) is 14.9. The van der Waals surface area contributed by atoms with Gasteiger partial charge in [-0.3, -0.25) is 4.99 Å². The van der Waals surface area contributed by atoms with Crippen LogP contribution >= 0.6 is 35.3 Å². The number of guanidine groups is 1. The van der Waals surface area contributed by atoms with Gasteiger partial charge in [0.1, 0.15) is 5.82 Å². The Balaban J connectivity index is 0.00000261. The van der Waals surface area contributed by atoms with Crippen molar-refractivity contribution in [2.75, 3.05) is 44.7 Å². The van der Waals surface area contributed by atoms with Crippen LogP contribution in [0.2, 0.25) is 0 Å². The summed E-state index contributed by atoms with van der Waals surface area (Å²) in [5.74, 6) is 0.754. The Morgan fingerprint density at radius 2 is 2.00 bits per heavy atom. The molecule has 148 valence electrons. The average molecular weight is 503 g/mol. The lowest BCUT2D eigenvalue weighted by Gasteiger charge is -2.37. The largest absolute Gasteiger partial charge is 0.366 e. The number of aryl methyl sites for hydroxylation is 1. The van der Waals surface area contributed by atoms with E-state index >= 15 is 0 Å². The Morgan fingerprint density at radius 1 is 1.26 bits per heavy atom. The molecule has 0 unspecified atom stereocenters. The fourth-order valence-corrected chi connectivity index (χ4v) is 3.97. The molecule has 1 aliphatic heterocycles. The van der Waals surface area contributed by atoms with E-state index in [0.717, 1.165) is 56.5 Å². The van der Waals surface area contributed by atoms with Gasteiger partial charge in [0.05, 0.1) is 10.7 Å². The number of thiazole rings is 1. The van der Waals surface area contributed by atoms with E-state index in [0.29, 0.717) is 5.69 Å². The summed E-state index contributed by atoms with van der Waals surface area (Å²) < 4.78 is 14.0. The molecule has 1 saturated heterocycles. The zero-order chi connectivity index (χ0) is 18.4. The van der Waals surface area contributed by atoms with E-state index in [1.165, 1.54) is 10.9 Å². The number of halogens is 2. The van der Waals surface area contributed by atoms with Crippen LogP contribution in [0.5, 0.6) is 0 Å². The summed E-state index contributed by atoms with van der Waals surface area (Å²) in [7, 11) is 1.81. The molecule has 1 fully saturated rings. The average Bonchev–Trinajstić information content (AvgIpc) is 3.14. The van der Waals surface area contributed by atoms with Crippen LogP contribution in [0.15, 0.2) is 35.5 Å². The van der Waals surface area contributed by atoms with Crippen LogP contribution in [-0.4, -0.2) is 55.6 Å². The van der Waals surface area contributed by atoms with E-state index in [2.05, 4.69) is 32.0 Å². The number of piperazine rings is 1. The monoisotopic (exact) mass is 503 g/mol. The van der Waals surface area contributed by atoms with Gasteiger partial charge in [0, 0.05) is 57.3 Å². The van der Waals surface area contributed by atoms with Crippen LogP contribution in [0.3, 0.4) is 0 Å². The first-order chi connectivity index (χ1) is 12.7. The van der Waals surface area contributed by atoms with Gasteiger partial charge in [-0.05, 0) is 18.6 Å². The molecule has 0 atom stereocenters. The standard InChI is InChI=1S/C19H26FN5S.HI/c1-3-15-14-23-18(26-15)8-9-22-19(21-2)25-12-10-24(11-13-25)17-7-5-4-6-16(17)20;/h4-7,14H,3,8-13H2,1-2H3,(H,21,22);1H. The molecule has 0 spiro atoms. The van der Waals surface area contributed by atoms with Gasteiger partial charge in [-0.25, -0.2) is 9.37 Å². The number of para-hydroxylation sites is 1. The minimum absolute atomic E-state index is 0. The van der Waals surface area contributed by atoms with E-state index in [-0.39, 0.29) is 29.8 Å². The molecule has 2 heterocycles. The number of benzene rings is 1. The van der Waals surface area contributed by atoms with Crippen molar-refractivity contribution < 1.29 is 4.39 Å². The molecule has 8 heteroatoms. The van der Waals surface area contributed by atoms with E-state index in [9.17, 15) is 4.39 Å². The zero-order valence-electron chi connectivity index (χ0n) is 15.8. The van der Waals surface area contributed by atoms with Gasteiger partial charge in [0.15, 0.2) is 5.96 Å². The van der Waals surface area contributed by atoms with Crippen molar-refractivity contribution in [3.8, 4) is 0 Å². The van der Waals surface area contributed by atoms with Crippen LogP contribution in [0.4, 0.5) is 10.1 Å². The summed E-state index contributed by atoms with van der Waals surface area (Å²) in [4.78, 5) is 14.5. The maximum atomic E-state index is 14.0. The first kappa shape index (κ1) is 21.9. The Hall–Kier alpha value is -1.42. The van der Waals surface area contributed by atoms with Crippen LogP contribution in [0.1, 0.15) is 16.8 Å². The van der Waals surface area contributed by atoms with Crippen molar-refractivity contribution in [3.05, 3.63) is 46.2 Å². The second-order valence-corrected chi connectivity index (χ2v) is 7.42. The number of aromatic nitrogens is 1. The third-order valence-electron chi connectivity index (χ3n) is 4.56. The van der Waals surface area contributed by atoms with Crippen molar-refractivity contribution in [1.29, 1.82) is 0 Å². The van der Waals surface area contributed by atoms with Gasteiger partial charge in [-0.1, -0.05) is 19.1 Å². The zero-order valence-corrected chi connectivity index (χ0v) is 19.0. The Bertz CT molecular complexity index is 743. The maximum Gasteiger partial charge on any atom is 0.193 e. The minimum Gasteiger partial charge on any atom is -0.366 e. The Kier molecular flexibility index (Phi) is 8.75. The van der Waals surface area contributed by atoms with Gasteiger partial charge in [-0.15, -0.1) is 35.3 Å². The smallest absolute Gasteiger partial charge is 0.193 e. The molecule has 0 radical (unpaired) electrons. The lowest BCUT2D eigenvalue weighted by molar-refractivity contribution is 0.371. The highest BCUT2D eigenvalue weighted by molar-refractivity contribution is 14.0. The van der Waals surface area contributed by atoms with Crippen molar-refractivity contribution >= 4 is 47.0 Å². The lowest BCUT2D eigenvalue weighted by Crippen LogP contribution is -2.53. The van der Waals surface area contributed by atoms with Gasteiger partial charge in [-0.2, -0.15) is 0 Å². The summed E-state index contributed by atoms with van der Waals surface area (Å²) in [6.45, 7) is 6.19. The van der Waals surface area contributed by atoms with Crippen molar-refractivity contribution in [3.63, 3.8) is 0 Å². The van der Waals surface area contributed by atoms with Crippen LogP contribution in [0.25, 0.3) is 0 Å². The molecule has 1 aromatic carbocycles. The van der Waals surface area contributed by atoms with Crippen LogP contribution < -0.4 is 10.2 Å². The van der Waals surface area contributed by atoms with Crippen molar-refractivity contribution in [2.24, 2.45) is 4.99 Å². The molecule has 1 N–H and O–H groups in total.